The number of anilines is 1. The van der Waals surface area contributed by atoms with Gasteiger partial charge in [0.05, 0.1) is 30.8 Å². The van der Waals surface area contributed by atoms with Crippen LogP contribution in [0.25, 0.3) is 0 Å². The summed E-state index contributed by atoms with van der Waals surface area (Å²) < 4.78 is 52.8. The zero-order chi connectivity index (χ0) is 28.0. The van der Waals surface area contributed by atoms with E-state index in [-0.39, 0.29) is 16.3 Å². The fourth-order valence-corrected chi connectivity index (χ4v) is 5.56. The van der Waals surface area contributed by atoms with Crippen LogP contribution in [0.4, 0.5) is 10.1 Å². The third kappa shape index (κ3) is 6.38. The molecule has 0 aliphatic rings. The molecule has 0 heterocycles. The van der Waals surface area contributed by atoms with Crippen LogP contribution >= 0.6 is 0 Å². The molecule has 202 valence electrons. The van der Waals surface area contributed by atoms with Gasteiger partial charge in [0.1, 0.15) is 12.4 Å². The second kappa shape index (κ2) is 12.0. The van der Waals surface area contributed by atoms with E-state index in [0.717, 1.165) is 33.1 Å². The van der Waals surface area contributed by atoms with Crippen LogP contribution in [-0.2, 0) is 14.8 Å². The summed E-state index contributed by atoms with van der Waals surface area (Å²) in [6.07, 6.45) is 0. The van der Waals surface area contributed by atoms with E-state index in [2.05, 4.69) is 5.32 Å². The summed E-state index contributed by atoms with van der Waals surface area (Å²) in [6, 6.07) is 25.7. The van der Waals surface area contributed by atoms with Gasteiger partial charge >= 0.3 is 0 Å². The molecule has 0 aliphatic heterocycles. The van der Waals surface area contributed by atoms with E-state index in [0.29, 0.717) is 5.75 Å². The van der Waals surface area contributed by atoms with Crippen LogP contribution in [0.1, 0.15) is 22.7 Å². The summed E-state index contributed by atoms with van der Waals surface area (Å²) in [7, 11) is -1.44. The molecule has 39 heavy (non-hydrogen) atoms. The number of rotatable bonds is 10. The Bertz CT molecular complexity index is 1530. The van der Waals surface area contributed by atoms with Crippen LogP contribution < -0.4 is 19.1 Å². The van der Waals surface area contributed by atoms with Gasteiger partial charge in [-0.05, 0) is 54.4 Å². The highest BCUT2D eigenvalue weighted by Crippen LogP contribution is 2.32. The molecule has 0 aromatic heterocycles. The summed E-state index contributed by atoms with van der Waals surface area (Å²) in [5.74, 6) is -0.509. The predicted octanol–water partition coefficient (Wildman–Crippen LogP) is 5.25. The fourth-order valence-electron chi connectivity index (χ4n) is 4.13. The first-order chi connectivity index (χ1) is 18.7. The van der Waals surface area contributed by atoms with Gasteiger partial charge in [0.25, 0.3) is 10.0 Å². The number of ether oxygens (including phenoxy) is 2. The summed E-state index contributed by atoms with van der Waals surface area (Å²) in [5.41, 5.74) is 2.88. The first kappa shape index (κ1) is 27.7. The Morgan fingerprint density at radius 1 is 0.846 bits per heavy atom. The number of hydrogen-bond donors (Lipinski definition) is 1. The van der Waals surface area contributed by atoms with Crippen LogP contribution in [0.5, 0.6) is 11.5 Å². The molecule has 9 heteroatoms. The van der Waals surface area contributed by atoms with Crippen LogP contribution in [0.3, 0.4) is 0 Å². The van der Waals surface area contributed by atoms with Crippen molar-refractivity contribution in [2.75, 3.05) is 25.1 Å². The smallest absolute Gasteiger partial charge is 0.264 e. The highest BCUT2D eigenvalue weighted by atomic mass is 32.2. The zero-order valence-electron chi connectivity index (χ0n) is 21.8. The molecule has 1 atom stereocenters. The maximum absolute atomic E-state index is 13.8. The summed E-state index contributed by atoms with van der Waals surface area (Å²) in [4.78, 5) is 13.4. The number of halogens is 1. The topological polar surface area (TPSA) is 84.9 Å². The normalized spacial score (nSPS) is 11.9. The standard InChI is InChI=1S/C30H29FN2O5S/c1-21-9-11-23(12-10-21)30(22-7-5-4-6-8-22)32-29(34)20-33(25-15-13-24(31)14-16-25)39(35,36)26-17-18-27(37-2)28(19-26)38-3/h4-19,30H,20H2,1-3H3,(H,32,34)/t30-/m0/s1. The molecule has 0 saturated carbocycles. The third-order valence-electron chi connectivity index (χ3n) is 6.19. The number of amides is 1. The van der Waals surface area contributed by atoms with E-state index in [9.17, 15) is 17.6 Å². The predicted molar refractivity (Wildman–Crippen MR) is 148 cm³/mol. The number of hydrogen-bond acceptors (Lipinski definition) is 5. The Kier molecular flexibility index (Phi) is 8.51. The van der Waals surface area contributed by atoms with E-state index >= 15 is 0 Å². The monoisotopic (exact) mass is 548 g/mol. The number of aryl methyl sites for hydroxylation is 1. The number of nitrogens with one attached hydrogen (secondary N) is 1. The Hall–Kier alpha value is -4.37. The molecule has 0 radical (unpaired) electrons. The highest BCUT2D eigenvalue weighted by Gasteiger charge is 2.29. The number of carbonyl (C=O) groups is 1. The first-order valence-corrected chi connectivity index (χ1v) is 13.6. The molecular formula is C30H29FN2O5S. The fraction of sp³-hybridized carbons (Fsp3) is 0.167. The number of methoxy groups -OCH3 is 2. The van der Waals surface area contributed by atoms with Crippen molar-refractivity contribution in [1.82, 2.24) is 5.32 Å². The van der Waals surface area contributed by atoms with Gasteiger partial charge < -0.3 is 14.8 Å². The van der Waals surface area contributed by atoms with Gasteiger partial charge in [0.2, 0.25) is 5.91 Å². The highest BCUT2D eigenvalue weighted by molar-refractivity contribution is 7.92. The second-order valence-corrected chi connectivity index (χ2v) is 10.7. The van der Waals surface area contributed by atoms with Crippen molar-refractivity contribution in [2.24, 2.45) is 0 Å². The quantitative estimate of drug-likeness (QED) is 0.293. The van der Waals surface area contributed by atoms with Crippen molar-refractivity contribution in [3.63, 3.8) is 0 Å². The zero-order valence-corrected chi connectivity index (χ0v) is 22.6. The lowest BCUT2D eigenvalue weighted by Crippen LogP contribution is -2.42. The van der Waals surface area contributed by atoms with Gasteiger partial charge in [-0.3, -0.25) is 9.10 Å². The number of carbonyl (C=O) groups excluding carboxylic acids is 1. The molecule has 0 unspecified atom stereocenters. The third-order valence-corrected chi connectivity index (χ3v) is 7.96. The van der Waals surface area contributed by atoms with E-state index < -0.39 is 34.3 Å². The van der Waals surface area contributed by atoms with Gasteiger partial charge in [-0.25, -0.2) is 12.8 Å². The molecule has 0 saturated heterocycles. The van der Waals surface area contributed by atoms with Crippen LogP contribution in [0, 0.1) is 12.7 Å². The van der Waals surface area contributed by atoms with Crippen molar-refractivity contribution in [3.05, 3.63) is 120 Å². The lowest BCUT2D eigenvalue weighted by Gasteiger charge is -2.26. The minimum absolute atomic E-state index is 0.115. The number of nitrogens with zero attached hydrogens (tertiary/aromatic N) is 1. The lowest BCUT2D eigenvalue weighted by molar-refractivity contribution is -0.120. The van der Waals surface area contributed by atoms with Gasteiger partial charge in [0.15, 0.2) is 11.5 Å². The van der Waals surface area contributed by atoms with Crippen molar-refractivity contribution in [1.29, 1.82) is 0 Å². The Morgan fingerprint density at radius 3 is 2.08 bits per heavy atom. The molecule has 1 N–H and O–H groups in total. The number of sulfonamides is 1. The van der Waals surface area contributed by atoms with E-state index in [1.807, 2.05) is 61.5 Å². The second-order valence-electron chi connectivity index (χ2n) is 8.83. The summed E-state index contributed by atoms with van der Waals surface area (Å²) >= 11 is 0. The average molecular weight is 549 g/mol. The number of benzene rings is 4. The Labute approximate surface area is 227 Å². The first-order valence-electron chi connectivity index (χ1n) is 12.1. The maximum atomic E-state index is 13.8. The Balaban J connectivity index is 1.70. The van der Waals surface area contributed by atoms with E-state index in [1.54, 1.807) is 0 Å². The average Bonchev–Trinajstić information content (AvgIpc) is 2.95. The molecule has 0 fully saturated rings. The molecule has 4 aromatic rings. The van der Waals surface area contributed by atoms with E-state index in [4.69, 9.17) is 9.47 Å². The van der Waals surface area contributed by atoms with Gasteiger partial charge in [-0.1, -0.05) is 60.2 Å². The van der Waals surface area contributed by atoms with Crippen molar-refractivity contribution in [2.45, 2.75) is 17.9 Å². The van der Waals surface area contributed by atoms with Crippen molar-refractivity contribution >= 4 is 21.6 Å². The Morgan fingerprint density at radius 2 is 1.46 bits per heavy atom. The molecule has 4 aromatic carbocycles. The molecule has 0 bridgehead atoms. The maximum Gasteiger partial charge on any atom is 0.264 e. The molecule has 0 aliphatic carbocycles. The minimum atomic E-state index is -4.28. The van der Waals surface area contributed by atoms with Gasteiger partial charge in [-0.2, -0.15) is 0 Å². The van der Waals surface area contributed by atoms with Crippen LogP contribution in [-0.4, -0.2) is 35.1 Å². The SMILES string of the molecule is COc1ccc(S(=O)(=O)N(CC(=O)N[C@@H](c2ccccc2)c2ccc(C)cc2)c2ccc(F)cc2)cc1OC. The van der Waals surface area contributed by atoms with Crippen LogP contribution in [0.2, 0.25) is 0 Å². The molecule has 0 spiro atoms. The van der Waals surface area contributed by atoms with Gasteiger partial charge in [-0.15, -0.1) is 0 Å². The molecule has 1 amide bonds. The van der Waals surface area contributed by atoms with Crippen LogP contribution in [0.15, 0.2) is 102 Å². The van der Waals surface area contributed by atoms with Crippen molar-refractivity contribution < 1.29 is 27.1 Å². The lowest BCUT2D eigenvalue weighted by atomic mass is 9.98. The largest absolute Gasteiger partial charge is 0.493 e. The molecule has 4 rings (SSSR count). The summed E-state index contributed by atoms with van der Waals surface area (Å²) in [6.45, 7) is 1.43. The molecular weight excluding hydrogens is 519 g/mol. The van der Waals surface area contributed by atoms with E-state index in [1.165, 1.54) is 44.6 Å². The minimum Gasteiger partial charge on any atom is -0.493 e. The van der Waals surface area contributed by atoms with Crippen molar-refractivity contribution in [3.8, 4) is 11.5 Å². The molecule has 7 nitrogen and oxygen atoms in total. The van der Waals surface area contributed by atoms with Gasteiger partial charge in [0, 0.05) is 6.07 Å². The summed E-state index contributed by atoms with van der Waals surface area (Å²) in [5, 5.41) is 2.98.